The highest BCUT2D eigenvalue weighted by atomic mass is 32.2. The van der Waals surface area contributed by atoms with E-state index < -0.39 is 0 Å². The number of aryl methyl sites for hydroxylation is 2. The Morgan fingerprint density at radius 2 is 1.80 bits per heavy atom. The number of carbonyl (C=O) groups is 1. The van der Waals surface area contributed by atoms with Crippen molar-refractivity contribution in [3.8, 4) is 11.4 Å². The van der Waals surface area contributed by atoms with Gasteiger partial charge in [-0.3, -0.25) is 9.36 Å². The molecular formula is C27H27FN4O2S. The van der Waals surface area contributed by atoms with E-state index in [0.717, 1.165) is 28.8 Å². The van der Waals surface area contributed by atoms with Crippen molar-refractivity contribution in [3.05, 3.63) is 101 Å². The Hall–Kier alpha value is -3.65. The number of rotatable bonds is 9. The van der Waals surface area contributed by atoms with Crippen molar-refractivity contribution >= 4 is 17.7 Å². The molecule has 6 nitrogen and oxygen atoms in total. The minimum atomic E-state index is -0.260. The second kappa shape index (κ2) is 11.2. The minimum absolute atomic E-state index is 0.205. The average molecular weight is 491 g/mol. The van der Waals surface area contributed by atoms with Crippen LogP contribution < -0.4 is 10.1 Å². The van der Waals surface area contributed by atoms with Crippen molar-refractivity contribution in [2.75, 3.05) is 7.11 Å². The van der Waals surface area contributed by atoms with E-state index in [9.17, 15) is 9.18 Å². The molecule has 1 heterocycles. The molecule has 0 radical (unpaired) electrons. The lowest BCUT2D eigenvalue weighted by atomic mass is 10.1. The summed E-state index contributed by atoms with van der Waals surface area (Å²) < 4.78 is 20.5. The average Bonchev–Trinajstić information content (AvgIpc) is 3.28. The molecule has 8 heteroatoms. The van der Waals surface area contributed by atoms with Gasteiger partial charge in [0.25, 0.3) is 5.91 Å². The highest BCUT2D eigenvalue weighted by Gasteiger charge is 2.19. The van der Waals surface area contributed by atoms with Crippen molar-refractivity contribution in [1.29, 1.82) is 0 Å². The molecule has 0 atom stereocenters. The number of nitrogens with one attached hydrogen (secondary N) is 1. The van der Waals surface area contributed by atoms with E-state index in [2.05, 4.69) is 41.5 Å². The van der Waals surface area contributed by atoms with E-state index in [-0.39, 0.29) is 18.3 Å². The lowest BCUT2D eigenvalue weighted by molar-refractivity contribution is 0.0949. The fourth-order valence-corrected chi connectivity index (χ4v) is 4.70. The molecule has 180 valence electrons. The summed E-state index contributed by atoms with van der Waals surface area (Å²) in [6, 6.07) is 19.6. The van der Waals surface area contributed by atoms with E-state index in [4.69, 9.17) is 4.74 Å². The number of methoxy groups -OCH3 is 1. The van der Waals surface area contributed by atoms with Crippen LogP contribution in [0.15, 0.2) is 71.9 Å². The molecular weight excluding hydrogens is 463 g/mol. The number of para-hydroxylation sites is 1. The number of halogens is 1. The van der Waals surface area contributed by atoms with Crippen molar-refractivity contribution < 1.29 is 13.9 Å². The van der Waals surface area contributed by atoms with Crippen LogP contribution in [0.5, 0.6) is 5.75 Å². The maximum absolute atomic E-state index is 13.3. The quantitative estimate of drug-likeness (QED) is 0.314. The number of hydrogen-bond acceptors (Lipinski definition) is 5. The molecule has 0 aliphatic heterocycles. The number of thioether (sulfide) groups is 1. The number of nitrogens with zero attached hydrogens (tertiary/aromatic N) is 3. The van der Waals surface area contributed by atoms with Gasteiger partial charge in [0, 0.05) is 11.3 Å². The van der Waals surface area contributed by atoms with Gasteiger partial charge < -0.3 is 10.1 Å². The number of ether oxygens (including phenoxy) is 1. The number of aromatic nitrogens is 3. The van der Waals surface area contributed by atoms with Crippen molar-refractivity contribution in [1.82, 2.24) is 20.1 Å². The van der Waals surface area contributed by atoms with Crippen LogP contribution in [0.25, 0.3) is 5.69 Å². The Labute approximate surface area is 208 Å². The molecule has 0 saturated heterocycles. The molecule has 1 aromatic heterocycles. The summed E-state index contributed by atoms with van der Waals surface area (Å²) in [4.78, 5) is 12.8. The first-order valence-corrected chi connectivity index (χ1v) is 12.3. The zero-order valence-corrected chi connectivity index (χ0v) is 20.7. The van der Waals surface area contributed by atoms with Gasteiger partial charge in [0.15, 0.2) is 11.0 Å². The molecule has 0 spiro atoms. The first kappa shape index (κ1) is 24.5. The predicted molar refractivity (Wildman–Crippen MR) is 136 cm³/mol. The van der Waals surface area contributed by atoms with Crippen LogP contribution in [-0.4, -0.2) is 27.8 Å². The summed E-state index contributed by atoms with van der Waals surface area (Å²) in [5.41, 5.74) is 4.80. The lowest BCUT2D eigenvalue weighted by Crippen LogP contribution is -2.25. The second-order valence-electron chi connectivity index (χ2n) is 8.00. The van der Waals surface area contributed by atoms with E-state index in [1.807, 2.05) is 10.6 Å². The highest BCUT2D eigenvalue weighted by molar-refractivity contribution is 7.98. The molecule has 35 heavy (non-hydrogen) atoms. The van der Waals surface area contributed by atoms with E-state index >= 15 is 0 Å². The third-order valence-corrected chi connectivity index (χ3v) is 6.67. The van der Waals surface area contributed by atoms with E-state index in [1.165, 1.54) is 23.9 Å². The summed E-state index contributed by atoms with van der Waals surface area (Å²) in [5.74, 6) is 1.48. The molecule has 1 amide bonds. The maximum atomic E-state index is 13.3. The van der Waals surface area contributed by atoms with Gasteiger partial charge in [-0.05, 0) is 66.4 Å². The Balaban J connectivity index is 1.62. The van der Waals surface area contributed by atoms with Crippen LogP contribution in [-0.2, 0) is 18.7 Å². The largest absolute Gasteiger partial charge is 0.497 e. The number of amides is 1. The zero-order valence-electron chi connectivity index (χ0n) is 19.9. The summed E-state index contributed by atoms with van der Waals surface area (Å²) in [6.45, 7) is 4.38. The smallest absolute Gasteiger partial charge is 0.251 e. The molecule has 0 aliphatic rings. The minimum Gasteiger partial charge on any atom is -0.497 e. The fourth-order valence-electron chi connectivity index (χ4n) is 3.79. The maximum Gasteiger partial charge on any atom is 0.251 e. The Morgan fingerprint density at radius 3 is 2.49 bits per heavy atom. The van der Waals surface area contributed by atoms with Crippen molar-refractivity contribution in [2.45, 2.75) is 37.7 Å². The standard InChI is InChI=1S/C27H27FN4O2S/c1-4-20-7-5-6-18(2)25(20)32-24(16-29-26(33)21-10-14-23(34-3)15-11-21)30-31-27(32)35-17-19-8-12-22(28)13-9-19/h5-15H,4,16-17H2,1-3H3,(H,29,33). The van der Waals surface area contributed by atoms with Crippen LogP contribution in [0.1, 0.15) is 39.8 Å². The monoisotopic (exact) mass is 490 g/mol. The first-order chi connectivity index (χ1) is 17.0. The van der Waals surface area contributed by atoms with Gasteiger partial charge in [-0.15, -0.1) is 10.2 Å². The first-order valence-electron chi connectivity index (χ1n) is 11.3. The third-order valence-electron chi connectivity index (χ3n) is 5.67. The van der Waals surface area contributed by atoms with Gasteiger partial charge in [0.1, 0.15) is 11.6 Å². The Morgan fingerprint density at radius 1 is 1.06 bits per heavy atom. The van der Waals surface area contributed by atoms with Crippen LogP contribution in [0.3, 0.4) is 0 Å². The molecule has 0 fully saturated rings. The molecule has 4 rings (SSSR count). The van der Waals surface area contributed by atoms with Crippen LogP contribution in [0.2, 0.25) is 0 Å². The van der Waals surface area contributed by atoms with E-state index in [0.29, 0.717) is 28.0 Å². The molecule has 0 saturated carbocycles. The van der Waals surface area contributed by atoms with Crippen LogP contribution in [0, 0.1) is 12.7 Å². The molecule has 0 bridgehead atoms. The fraction of sp³-hybridized carbons (Fsp3) is 0.222. The predicted octanol–water partition coefficient (Wildman–Crippen LogP) is 5.51. The van der Waals surface area contributed by atoms with Gasteiger partial charge in [0.05, 0.1) is 19.3 Å². The number of benzene rings is 3. The van der Waals surface area contributed by atoms with Gasteiger partial charge >= 0.3 is 0 Å². The SMILES string of the molecule is CCc1cccc(C)c1-n1c(CNC(=O)c2ccc(OC)cc2)nnc1SCc1ccc(F)cc1. The Kier molecular flexibility index (Phi) is 7.82. The lowest BCUT2D eigenvalue weighted by Gasteiger charge is -2.17. The van der Waals surface area contributed by atoms with Gasteiger partial charge in [0.2, 0.25) is 0 Å². The Bertz CT molecular complexity index is 1300. The topological polar surface area (TPSA) is 69.0 Å². The summed E-state index contributed by atoms with van der Waals surface area (Å²) in [5, 5.41) is 12.5. The van der Waals surface area contributed by atoms with Gasteiger partial charge in [-0.25, -0.2) is 4.39 Å². The summed E-state index contributed by atoms with van der Waals surface area (Å²) in [6.07, 6.45) is 0.842. The van der Waals surface area contributed by atoms with E-state index in [1.54, 1.807) is 43.5 Å². The van der Waals surface area contributed by atoms with Crippen molar-refractivity contribution in [3.63, 3.8) is 0 Å². The van der Waals surface area contributed by atoms with Crippen LogP contribution in [0.4, 0.5) is 4.39 Å². The van der Waals surface area contributed by atoms with Gasteiger partial charge in [-0.1, -0.05) is 49.0 Å². The zero-order chi connectivity index (χ0) is 24.8. The summed E-state index contributed by atoms with van der Waals surface area (Å²) >= 11 is 1.52. The molecule has 3 aromatic carbocycles. The van der Waals surface area contributed by atoms with Crippen LogP contribution >= 0.6 is 11.8 Å². The molecule has 0 unspecified atom stereocenters. The molecule has 0 aliphatic carbocycles. The number of carbonyl (C=O) groups excluding carboxylic acids is 1. The molecule has 4 aromatic rings. The second-order valence-corrected chi connectivity index (χ2v) is 8.94. The summed E-state index contributed by atoms with van der Waals surface area (Å²) in [7, 11) is 1.59. The highest BCUT2D eigenvalue weighted by Crippen LogP contribution is 2.29. The van der Waals surface area contributed by atoms with Gasteiger partial charge in [-0.2, -0.15) is 0 Å². The third kappa shape index (κ3) is 5.71. The number of hydrogen-bond donors (Lipinski definition) is 1. The normalized spacial score (nSPS) is 10.9. The molecule has 1 N–H and O–H groups in total. The van der Waals surface area contributed by atoms with Crippen molar-refractivity contribution in [2.24, 2.45) is 0 Å².